The van der Waals surface area contributed by atoms with Crippen molar-refractivity contribution >= 4 is 6.03 Å². The molecule has 1 fully saturated rings. The fraction of sp³-hybridized carbons (Fsp3) is 0.636. The van der Waals surface area contributed by atoms with Gasteiger partial charge in [0.05, 0.1) is 6.54 Å². The highest BCUT2D eigenvalue weighted by molar-refractivity contribution is 5.74. The van der Waals surface area contributed by atoms with Crippen molar-refractivity contribution in [1.82, 2.24) is 20.2 Å². The lowest BCUT2D eigenvalue weighted by atomic mass is 10.00. The van der Waals surface area contributed by atoms with Gasteiger partial charge in [0, 0.05) is 25.5 Å². The molecule has 0 unspecified atom stereocenters. The van der Waals surface area contributed by atoms with Crippen molar-refractivity contribution in [3.63, 3.8) is 0 Å². The van der Waals surface area contributed by atoms with Crippen molar-refractivity contribution in [2.75, 3.05) is 13.1 Å². The highest BCUT2D eigenvalue weighted by Crippen LogP contribution is 2.15. The molecule has 1 saturated heterocycles. The predicted molar refractivity (Wildman–Crippen MR) is 60.8 cm³/mol. The van der Waals surface area contributed by atoms with Crippen LogP contribution in [0.4, 0.5) is 4.79 Å². The quantitative estimate of drug-likeness (QED) is 0.793. The third-order valence-corrected chi connectivity index (χ3v) is 3.03. The van der Waals surface area contributed by atoms with Gasteiger partial charge in [0.15, 0.2) is 0 Å². The molecule has 2 N–H and O–H groups in total. The number of nitrogens with zero attached hydrogens (tertiary/aromatic N) is 2. The Balaban J connectivity index is 1.75. The topological polar surface area (TPSA) is 61.0 Å². The number of amides is 2. The molecule has 0 bridgehead atoms. The standard InChI is InChI=1S/C11H18N4O/c1-9-2-6-15(7-3-9)11(16)14-8-10-12-4-5-13-10/h4-5,9H,2-3,6-8H2,1H3,(H,12,13)(H,14,16). The first kappa shape index (κ1) is 11.0. The molecule has 5 heteroatoms. The average Bonchev–Trinajstić information content (AvgIpc) is 2.80. The van der Waals surface area contributed by atoms with E-state index < -0.39 is 0 Å². The Labute approximate surface area is 95.2 Å². The number of aromatic nitrogens is 2. The second-order valence-electron chi connectivity index (χ2n) is 4.36. The summed E-state index contributed by atoms with van der Waals surface area (Å²) in [6.07, 6.45) is 5.65. The van der Waals surface area contributed by atoms with E-state index in [2.05, 4.69) is 22.2 Å². The fourth-order valence-electron chi connectivity index (χ4n) is 1.88. The van der Waals surface area contributed by atoms with E-state index in [0.29, 0.717) is 6.54 Å². The van der Waals surface area contributed by atoms with Crippen LogP contribution in [0.3, 0.4) is 0 Å². The zero-order valence-electron chi connectivity index (χ0n) is 9.57. The van der Waals surface area contributed by atoms with E-state index >= 15 is 0 Å². The number of piperidine rings is 1. The first-order valence-electron chi connectivity index (χ1n) is 5.76. The maximum atomic E-state index is 11.8. The smallest absolute Gasteiger partial charge is 0.317 e. The summed E-state index contributed by atoms with van der Waals surface area (Å²) in [6, 6.07) is 0.0169. The maximum absolute atomic E-state index is 11.8. The SMILES string of the molecule is CC1CCN(C(=O)NCc2ncc[nH]2)CC1. The fourth-order valence-corrected chi connectivity index (χ4v) is 1.88. The third-order valence-electron chi connectivity index (χ3n) is 3.03. The molecule has 2 amide bonds. The number of hydrogen-bond donors (Lipinski definition) is 2. The molecule has 2 rings (SSSR count). The number of hydrogen-bond acceptors (Lipinski definition) is 2. The van der Waals surface area contributed by atoms with Gasteiger partial charge in [0.2, 0.25) is 0 Å². The Hall–Kier alpha value is -1.52. The number of aromatic amines is 1. The second-order valence-corrected chi connectivity index (χ2v) is 4.36. The summed E-state index contributed by atoms with van der Waals surface area (Å²) in [6.45, 7) is 4.44. The summed E-state index contributed by atoms with van der Waals surface area (Å²) in [5, 5.41) is 2.86. The molecule has 1 aromatic heterocycles. The van der Waals surface area contributed by atoms with Crippen LogP contribution in [0.15, 0.2) is 12.4 Å². The van der Waals surface area contributed by atoms with Crippen LogP contribution >= 0.6 is 0 Å². The van der Waals surface area contributed by atoms with Crippen molar-refractivity contribution in [1.29, 1.82) is 0 Å². The molecule has 0 saturated carbocycles. The molecule has 0 radical (unpaired) electrons. The van der Waals surface area contributed by atoms with E-state index in [1.807, 2.05) is 4.90 Å². The lowest BCUT2D eigenvalue weighted by molar-refractivity contribution is 0.173. The van der Waals surface area contributed by atoms with Crippen LogP contribution in [0.25, 0.3) is 0 Å². The molecule has 0 atom stereocenters. The van der Waals surface area contributed by atoms with Gasteiger partial charge < -0.3 is 15.2 Å². The van der Waals surface area contributed by atoms with Crippen LogP contribution in [-0.2, 0) is 6.54 Å². The van der Waals surface area contributed by atoms with Crippen molar-refractivity contribution in [2.24, 2.45) is 5.92 Å². The van der Waals surface area contributed by atoms with Crippen LogP contribution in [0.2, 0.25) is 0 Å². The molecule has 0 aromatic carbocycles. The van der Waals surface area contributed by atoms with Crippen molar-refractivity contribution in [3.05, 3.63) is 18.2 Å². The minimum Gasteiger partial charge on any atom is -0.347 e. The molecular formula is C11H18N4O. The largest absolute Gasteiger partial charge is 0.347 e. The number of carbonyl (C=O) groups excluding carboxylic acids is 1. The molecule has 88 valence electrons. The van der Waals surface area contributed by atoms with E-state index in [9.17, 15) is 4.79 Å². The zero-order valence-corrected chi connectivity index (χ0v) is 9.57. The van der Waals surface area contributed by atoms with Crippen LogP contribution < -0.4 is 5.32 Å². The van der Waals surface area contributed by atoms with Crippen LogP contribution in [0.5, 0.6) is 0 Å². The van der Waals surface area contributed by atoms with Crippen LogP contribution in [-0.4, -0.2) is 34.0 Å². The molecule has 0 spiro atoms. The summed E-state index contributed by atoms with van der Waals surface area (Å²) >= 11 is 0. The van der Waals surface area contributed by atoms with Gasteiger partial charge in [-0.15, -0.1) is 0 Å². The molecule has 5 nitrogen and oxygen atoms in total. The number of urea groups is 1. The minimum atomic E-state index is 0.0169. The van der Waals surface area contributed by atoms with Crippen molar-refractivity contribution in [2.45, 2.75) is 26.3 Å². The van der Waals surface area contributed by atoms with E-state index in [-0.39, 0.29) is 6.03 Å². The maximum Gasteiger partial charge on any atom is 0.317 e. The highest BCUT2D eigenvalue weighted by atomic mass is 16.2. The Morgan fingerprint density at radius 2 is 2.38 bits per heavy atom. The van der Waals surface area contributed by atoms with E-state index in [4.69, 9.17) is 0 Å². The van der Waals surface area contributed by atoms with E-state index in [1.54, 1.807) is 12.4 Å². The summed E-state index contributed by atoms with van der Waals surface area (Å²) in [5.41, 5.74) is 0. The lowest BCUT2D eigenvalue weighted by Gasteiger charge is -2.30. The Morgan fingerprint density at radius 1 is 1.62 bits per heavy atom. The normalized spacial score (nSPS) is 17.4. The number of imidazole rings is 1. The molecule has 2 heterocycles. The molecule has 0 aliphatic carbocycles. The monoisotopic (exact) mass is 222 g/mol. The van der Waals surface area contributed by atoms with Gasteiger partial charge in [-0.05, 0) is 18.8 Å². The Morgan fingerprint density at radius 3 is 3.00 bits per heavy atom. The van der Waals surface area contributed by atoms with Gasteiger partial charge in [-0.25, -0.2) is 9.78 Å². The molecular weight excluding hydrogens is 204 g/mol. The molecule has 16 heavy (non-hydrogen) atoms. The summed E-state index contributed by atoms with van der Waals surface area (Å²) in [7, 11) is 0. The van der Waals surface area contributed by atoms with Crippen molar-refractivity contribution in [3.8, 4) is 0 Å². The first-order chi connectivity index (χ1) is 7.75. The number of likely N-dealkylation sites (tertiary alicyclic amines) is 1. The van der Waals surface area contributed by atoms with E-state index in [1.165, 1.54) is 0 Å². The third kappa shape index (κ3) is 2.74. The van der Waals surface area contributed by atoms with Gasteiger partial charge >= 0.3 is 6.03 Å². The van der Waals surface area contributed by atoms with Gasteiger partial charge in [-0.3, -0.25) is 0 Å². The minimum absolute atomic E-state index is 0.0169. The Bertz CT molecular complexity index is 328. The van der Waals surface area contributed by atoms with Crippen molar-refractivity contribution < 1.29 is 4.79 Å². The highest BCUT2D eigenvalue weighted by Gasteiger charge is 2.19. The number of rotatable bonds is 2. The predicted octanol–water partition coefficient (Wildman–Crippen LogP) is 1.35. The first-order valence-corrected chi connectivity index (χ1v) is 5.76. The summed E-state index contributed by atoms with van der Waals surface area (Å²) < 4.78 is 0. The Kier molecular flexibility index (Phi) is 3.44. The van der Waals surface area contributed by atoms with E-state index in [0.717, 1.165) is 37.7 Å². The van der Waals surface area contributed by atoms with Gasteiger partial charge in [-0.2, -0.15) is 0 Å². The average molecular weight is 222 g/mol. The molecule has 1 aromatic rings. The summed E-state index contributed by atoms with van der Waals surface area (Å²) in [5.74, 6) is 1.54. The van der Waals surface area contributed by atoms with Gasteiger partial charge in [0.1, 0.15) is 5.82 Å². The number of nitrogens with one attached hydrogen (secondary N) is 2. The van der Waals surface area contributed by atoms with Crippen LogP contribution in [0, 0.1) is 5.92 Å². The lowest BCUT2D eigenvalue weighted by Crippen LogP contribution is -2.43. The van der Waals surface area contributed by atoms with Gasteiger partial charge in [0.25, 0.3) is 0 Å². The zero-order chi connectivity index (χ0) is 11.4. The number of carbonyl (C=O) groups is 1. The second kappa shape index (κ2) is 5.01. The van der Waals surface area contributed by atoms with Gasteiger partial charge in [-0.1, -0.05) is 6.92 Å². The molecule has 1 aliphatic heterocycles. The van der Waals surface area contributed by atoms with Crippen LogP contribution in [0.1, 0.15) is 25.6 Å². The number of H-pyrrole nitrogens is 1. The summed E-state index contributed by atoms with van der Waals surface area (Å²) in [4.78, 5) is 20.7. The molecule has 1 aliphatic rings.